The van der Waals surface area contributed by atoms with Gasteiger partial charge in [-0.15, -0.1) is 6.58 Å². The topological polar surface area (TPSA) is 35.5 Å². The first kappa shape index (κ1) is 12.9. The molecule has 0 fully saturated rings. The molecule has 0 amide bonds. The number of hydrogen-bond donors (Lipinski definition) is 0. The Morgan fingerprint density at radius 2 is 2.21 bits per heavy atom. The van der Waals surface area contributed by atoms with Gasteiger partial charge in [0, 0.05) is 12.0 Å². The van der Waals surface area contributed by atoms with E-state index in [1.54, 1.807) is 13.0 Å². The molecule has 0 aliphatic rings. The van der Waals surface area contributed by atoms with Crippen molar-refractivity contribution in [2.24, 2.45) is 0 Å². The molecule has 0 aliphatic carbocycles. The van der Waals surface area contributed by atoms with Gasteiger partial charge in [0.15, 0.2) is 0 Å². The third-order valence-electron chi connectivity index (χ3n) is 1.51. The maximum atomic E-state index is 11.2. The molecule has 0 N–H and O–H groups in total. The van der Waals surface area contributed by atoms with Crippen LogP contribution in [0.1, 0.15) is 26.7 Å². The molecule has 1 atom stereocenters. The van der Waals surface area contributed by atoms with Gasteiger partial charge >= 0.3 is 5.97 Å². The van der Waals surface area contributed by atoms with E-state index in [4.69, 9.17) is 9.47 Å². The van der Waals surface area contributed by atoms with E-state index in [2.05, 4.69) is 13.2 Å². The van der Waals surface area contributed by atoms with E-state index in [9.17, 15) is 4.79 Å². The van der Waals surface area contributed by atoms with Gasteiger partial charge in [0.25, 0.3) is 0 Å². The Morgan fingerprint density at radius 1 is 1.57 bits per heavy atom. The average Bonchev–Trinajstić information content (AvgIpc) is 2.14. The van der Waals surface area contributed by atoms with Crippen LogP contribution in [0.2, 0.25) is 0 Å². The summed E-state index contributed by atoms with van der Waals surface area (Å²) in [6, 6.07) is 0. The van der Waals surface area contributed by atoms with Gasteiger partial charge in [-0.05, 0) is 6.92 Å². The highest BCUT2D eigenvalue weighted by Crippen LogP contribution is 2.07. The molecule has 0 radical (unpaired) electrons. The van der Waals surface area contributed by atoms with Crippen LogP contribution in [0.5, 0.6) is 0 Å². The molecule has 80 valence electrons. The van der Waals surface area contributed by atoms with Crippen LogP contribution in [0.3, 0.4) is 0 Å². The van der Waals surface area contributed by atoms with E-state index in [0.29, 0.717) is 18.6 Å². The van der Waals surface area contributed by atoms with Crippen LogP contribution < -0.4 is 0 Å². The quantitative estimate of drug-likeness (QED) is 0.273. The monoisotopic (exact) mass is 198 g/mol. The largest absolute Gasteiger partial charge is 0.432 e. The Hall–Kier alpha value is -1.09. The molecule has 3 heteroatoms. The molecule has 0 aliphatic heterocycles. The van der Waals surface area contributed by atoms with Crippen molar-refractivity contribution < 1.29 is 14.3 Å². The van der Waals surface area contributed by atoms with Crippen LogP contribution in [0, 0.1) is 0 Å². The normalized spacial score (nSPS) is 11.9. The molecular weight excluding hydrogens is 180 g/mol. The second-order valence-corrected chi connectivity index (χ2v) is 3.03. The minimum atomic E-state index is -0.484. The van der Waals surface area contributed by atoms with Crippen LogP contribution in [-0.4, -0.2) is 18.9 Å². The van der Waals surface area contributed by atoms with Crippen molar-refractivity contribution >= 4 is 5.97 Å². The van der Waals surface area contributed by atoms with Gasteiger partial charge in [0.05, 0.1) is 6.61 Å². The second-order valence-electron chi connectivity index (χ2n) is 3.03. The Bertz CT molecular complexity index is 209. The lowest BCUT2D eigenvalue weighted by molar-refractivity contribution is -0.173. The zero-order chi connectivity index (χ0) is 11.0. The minimum Gasteiger partial charge on any atom is -0.432 e. The van der Waals surface area contributed by atoms with Gasteiger partial charge in [-0.1, -0.05) is 26.0 Å². The molecular formula is C11H18O3. The van der Waals surface area contributed by atoms with E-state index < -0.39 is 12.3 Å². The van der Waals surface area contributed by atoms with Crippen molar-refractivity contribution in [3.05, 3.63) is 24.8 Å². The Kier molecular flexibility index (Phi) is 6.76. The van der Waals surface area contributed by atoms with Crippen molar-refractivity contribution in [2.45, 2.75) is 33.0 Å². The first-order valence-corrected chi connectivity index (χ1v) is 4.70. The number of hydrogen-bond acceptors (Lipinski definition) is 3. The summed E-state index contributed by atoms with van der Waals surface area (Å²) in [4.78, 5) is 11.2. The van der Waals surface area contributed by atoms with Crippen molar-refractivity contribution in [3.63, 3.8) is 0 Å². The minimum absolute atomic E-state index is 0.383. The Morgan fingerprint density at radius 3 is 2.64 bits per heavy atom. The number of esters is 1. The summed E-state index contributed by atoms with van der Waals surface area (Å²) in [5, 5.41) is 0. The van der Waals surface area contributed by atoms with Gasteiger partial charge in [0.1, 0.15) is 0 Å². The molecule has 0 bridgehead atoms. The van der Waals surface area contributed by atoms with Gasteiger partial charge in [-0.2, -0.15) is 0 Å². The van der Waals surface area contributed by atoms with Crippen molar-refractivity contribution in [1.82, 2.24) is 0 Å². The van der Waals surface area contributed by atoms with Crippen LogP contribution >= 0.6 is 0 Å². The van der Waals surface area contributed by atoms with Gasteiger partial charge in [0.2, 0.25) is 6.29 Å². The number of carbonyl (C=O) groups is 1. The first-order valence-electron chi connectivity index (χ1n) is 4.70. The first-order chi connectivity index (χ1) is 6.61. The molecule has 0 aromatic heterocycles. The molecule has 0 heterocycles. The fraction of sp³-hybridized carbons (Fsp3) is 0.545. The summed E-state index contributed by atoms with van der Waals surface area (Å²) >= 11 is 0. The standard InChI is InChI=1S/C11H18O3/c1-5-7-10(13-8-6-2)14-11(12)9(3)4/h6,10H,2-3,5,7-8H2,1,4H3. The van der Waals surface area contributed by atoms with Crippen LogP contribution in [0.25, 0.3) is 0 Å². The molecule has 0 saturated heterocycles. The second kappa shape index (κ2) is 7.33. The number of ether oxygens (including phenoxy) is 2. The Labute approximate surface area is 85.4 Å². The molecule has 3 nitrogen and oxygen atoms in total. The third-order valence-corrected chi connectivity index (χ3v) is 1.51. The summed E-state index contributed by atoms with van der Waals surface area (Å²) in [6.45, 7) is 11.0. The summed E-state index contributed by atoms with van der Waals surface area (Å²) in [5.74, 6) is -0.410. The van der Waals surface area contributed by atoms with E-state index >= 15 is 0 Å². The summed E-state index contributed by atoms with van der Waals surface area (Å²) in [7, 11) is 0. The van der Waals surface area contributed by atoms with Crippen LogP contribution in [0.4, 0.5) is 0 Å². The zero-order valence-electron chi connectivity index (χ0n) is 8.91. The zero-order valence-corrected chi connectivity index (χ0v) is 8.91. The highest BCUT2D eigenvalue weighted by molar-refractivity contribution is 5.86. The lowest BCUT2D eigenvalue weighted by atomic mass is 10.3. The molecule has 0 aromatic rings. The summed E-state index contributed by atoms with van der Waals surface area (Å²) < 4.78 is 10.3. The SMILES string of the molecule is C=CCOC(CCC)OC(=O)C(=C)C. The molecule has 0 rings (SSSR count). The highest BCUT2D eigenvalue weighted by atomic mass is 16.7. The maximum absolute atomic E-state index is 11.2. The lowest BCUT2D eigenvalue weighted by Crippen LogP contribution is -2.21. The van der Waals surface area contributed by atoms with E-state index in [-0.39, 0.29) is 0 Å². The number of rotatable bonds is 7. The van der Waals surface area contributed by atoms with Crippen molar-refractivity contribution in [3.8, 4) is 0 Å². The number of carbonyl (C=O) groups excluding carboxylic acids is 1. The van der Waals surface area contributed by atoms with Gasteiger partial charge < -0.3 is 9.47 Å². The van der Waals surface area contributed by atoms with Crippen molar-refractivity contribution in [2.75, 3.05) is 6.61 Å². The summed E-state index contributed by atoms with van der Waals surface area (Å²) in [6.07, 6.45) is 2.72. The average molecular weight is 198 g/mol. The molecule has 0 saturated carbocycles. The highest BCUT2D eigenvalue weighted by Gasteiger charge is 2.13. The summed E-state index contributed by atoms with van der Waals surface area (Å²) in [5.41, 5.74) is 0.383. The lowest BCUT2D eigenvalue weighted by Gasteiger charge is -2.16. The third kappa shape index (κ3) is 5.54. The Balaban J connectivity index is 4.00. The fourth-order valence-corrected chi connectivity index (χ4v) is 0.807. The van der Waals surface area contributed by atoms with E-state index in [1.807, 2.05) is 6.92 Å². The van der Waals surface area contributed by atoms with Gasteiger partial charge in [-0.25, -0.2) is 4.79 Å². The molecule has 0 spiro atoms. The molecule has 1 unspecified atom stereocenters. The molecule has 0 aromatic carbocycles. The molecule has 14 heavy (non-hydrogen) atoms. The smallest absolute Gasteiger partial charge is 0.335 e. The van der Waals surface area contributed by atoms with Gasteiger partial charge in [-0.3, -0.25) is 0 Å². The van der Waals surface area contributed by atoms with E-state index in [1.165, 1.54) is 0 Å². The fourth-order valence-electron chi connectivity index (χ4n) is 0.807. The predicted octanol–water partition coefficient (Wildman–Crippen LogP) is 2.43. The van der Waals surface area contributed by atoms with Crippen LogP contribution in [-0.2, 0) is 14.3 Å². The maximum Gasteiger partial charge on any atom is 0.335 e. The van der Waals surface area contributed by atoms with E-state index in [0.717, 1.165) is 6.42 Å². The van der Waals surface area contributed by atoms with Crippen molar-refractivity contribution in [1.29, 1.82) is 0 Å². The van der Waals surface area contributed by atoms with Crippen LogP contribution in [0.15, 0.2) is 24.8 Å². The predicted molar refractivity (Wildman–Crippen MR) is 55.8 cm³/mol.